The molecule has 1 aliphatic heterocycles. The molecule has 6 nitrogen and oxygen atoms in total. The molecular formula is C15H17FN4O2S2. The standard InChI is InChI=1S/C15H17FN4O2S2/c16-12-3-1-11(2-4-12)10-24(21,22)20-8-5-13-14(9-20)23-15(19-13)18-7-6-17/h1,3H,5-10,17H2,(H,18,19). The molecule has 2 heterocycles. The van der Waals surface area contributed by atoms with Crippen molar-refractivity contribution in [3.8, 4) is 0 Å². The zero-order valence-corrected chi connectivity index (χ0v) is 14.5. The van der Waals surface area contributed by atoms with E-state index in [2.05, 4.69) is 21.8 Å². The molecule has 1 aromatic rings. The molecule has 0 saturated heterocycles. The zero-order chi connectivity index (χ0) is 17.2. The number of nitrogens with one attached hydrogen (secondary N) is 1. The largest absolute Gasteiger partial charge is 0.360 e. The van der Waals surface area contributed by atoms with E-state index < -0.39 is 15.9 Å². The summed E-state index contributed by atoms with van der Waals surface area (Å²) in [7, 11) is -3.50. The van der Waals surface area contributed by atoms with Crippen molar-refractivity contribution in [2.75, 3.05) is 30.7 Å². The minimum atomic E-state index is -3.50. The molecule has 2 aliphatic rings. The van der Waals surface area contributed by atoms with E-state index in [9.17, 15) is 12.8 Å². The Labute approximate surface area is 143 Å². The fraction of sp³-hybridized carbons (Fsp3) is 0.400. The molecule has 0 aromatic carbocycles. The number of rotatable bonds is 6. The van der Waals surface area contributed by atoms with Gasteiger partial charge in [0.05, 0.1) is 11.4 Å². The minimum absolute atomic E-state index is 0.212. The van der Waals surface area contributed by atoms with Crippen molar-refractivity contribution in [2.24, 2.45) is 5.73 Å². The quantitative estimate of drug-likeness (QED) is 0.739. The van der Waals surface area contributed by atoms with E-state index in [-0.39, 0.29) is 5.75 Å². The number of nitrogens with two attached hydrogens (primary N) is 1. The second-order valence-electron chi connectivity index (χ2n) is 5.40. The highest BCUT2D eigenvalue weighted by Crippen LogP contribution is 2.29. The van der Waals surface area contributed by atoms with E-state index >= 15 is 0 Å². The first-order chi connectivity index (χ1) is 11.5. The topological polar surface area (TPSA) is 88.3 Å². The molecule has 0 atom stereocenters. The molecule has 0 amide bonds. The lowest BCUT2D eigenvalue weighted by molar-refractivity contribution is 0.394. The summed E-state index contributed by atoms with van der Waals surface area (Å²) in [6.07, 6.45) is 3.18. The maximum absolute atomic E-state index is 12.9. The Kier molecular flexibility index (Phi) is 5.01. The molecule has 0 saturated carbocycles. The molecule has 9 heteroatoms. The van der Waals surface area contributed by atoms with Crippen LogP contribution in [0.5, 0.6) is 0 Å². The van der Waals surface area contributed by atoms with Gasteiger partial charge in [0, 0.05) is 43.1 Å². The summed E-state index contributed by atoms with van der Waals surface area (Å²) < 4.78 is 39.5. The summed E-state index contributed by atoms with van der Waals surface area (Å²) in [4.78, 5) is 5.42. The second-order valence-corrected chi connectivity index (χ2v) is 8.45. The van der Waals surface area contributed by atoms with Crippen LogP contribution in [0.4, 0.5) is 9.52 Å². The molecule has 0 spiro atoms. The van der Waals surface area contributed by atoms with Gasteiger partial charge in [-0.05, 0) is 17.9 Å². The van der Waals surface area contributed by atoms with Crippen molar-refractivity contribution < 1.29 is 12.8 Å². The molecule has 1 aromatic heterocycles. The highest BCUT2D eigenvalue weighted by Gasteiger charge is 2.29. The molecule has 3 N–H and O–H groups in total. The third kappa shape index (κ3) is 3.84. The Morgan fingerprint density at radius 1 is 1.42 bits per heavy atom. The lowest BCUT2D eigenvalue weighted by Gasteiger charge is -2.25. The smallest absolute Gasteiger partial charge is 0.219 e. The fourth-order valence-electron chi connectivity index (χ4n) is 2.43. The number of anilines is 1. The van der Waals surface area contributed by atoms with Crippen LogP contribution < -0.4 is 11.1 Å². The third-order valence-corrected chi connectivity index (χ3v) is 6.44. The minimum Gasteiger partial charge on any atom is -0.360 e. The maximum Gasteiger partial charge on any atom is 0.219 e. The Balaban J connectivity index is 1.73. The number of halogens is 1. The summed E-state index contributed by atoms with van der Waals surface area (Å²) in [5.41, 5.74) is 11.6. The lowest BCUT2D eigenvalue weighted by Crippen LogP contribution is -2.37. The maximum atomic E-state index is 12.9. The highest BCUT2D eigenvalue weighted by atomic mass is 32.2. The first-order valence-electron chi connectivity index (χ1n) is 7.46. The number of allylic oxidation sites excluding steroid dienone is 3. The lowest BCUT2D eigenvalue weighted by atomic mass is 10.2. The van der Waals surface area contributed by atoms with Crippen LogP contribution in [0, 0.1) is 0 Å². The molecule has 128 valence electrons. The number of thiazole rings is 1. The van der Waals surface area contributed by atoms with Crippen LogP contribution in [-0.4, -0.2) is 43.1 Å². The predicted octanol–water partition coefficient (Wildman–Crippen LogP) is 1.31. The molecule has 24 heavy (non-hydrogen) atoms. The monoisotopic (exact) mass is 368 g/mol. The second kappa shape index (κ2) is 7.03. The van der Waals surface area contributed by atoms with Crippen molar-refractivity contribution in [2.45, 2.75) is 13.0 Å². The van der Waals surface area contributed by atoms with Crippen LogP contribution in [0.25, 0.3) is 0 Å². The Bertz CT molecular complexity index is 875. The van der Waals surface area contributed by atoms with E-state index in [0.29, 0.717) is 38.2 Å². The first kappa shape index (κ1) is 17.1. The highest BCUT2D eigenvalue weighted by molar-refractivity contribution is 7.89. The van der Waals surface area contributed by atoms with Crippen LogP contribution in [0.2, 0.25) is 0 Å². The number of fused-ring (bicyclic) bond motifs is 1. The van der Waals surface area contributed by atoms with Crippen LogP contribution >= 0.6 is 11.3 Å². The predicted molar refractivity (Wildman–Crippen MR) is 91.9 cm³/mol. The van der Waals surface area contributed by atoms with Gasteiger partial charge in [-0.3, -0.25) is 0 Å². The fourth-order valence-corrected chi connectivity index (χ4v) is 5.00. The van der Waals surface area contributed by atoms with Crippen LogP contribution in [-0.2, 0) is 23.0 Å². The average Bonchev–Trinajstić information content (AvgIpc) is 2.97. The van der Waals surface area contributed by atoms with Gasteiger partial charge in [0.1, 0.15) is 0 Å². The number of hydrogen-bond acceptors (Lipinski definition) is 6. The molecule has 3 rings (SSSR count). The molecule has 0 fully saturated rings. The first-order valence-corrected chi connectivity index (χ1v) is 9.89. The van der Waals surface area contributed by atoms with Gasteiger partial charge in [0.25, 0.3) is 0 Å². The van der Waals surface area contributed by atoms with Crippen LogP contribution in [0.3, 0.4) is 0 Å². The molecule has 0 unspecified atom stereocenters. The summed E-state index contributed by atoms with van der Waals surface area (Å²) >= 11 is 1.46. The van der Waals surface area contributed by atoms with Gasteiger partial charge in [0.2, 0.25) is 10.0 Å². The SMILES string of the molecule is NCCNc1nc2c(s1)CN(S(=O)(=O)CC1=C=C=C(F)C=C1)CC2. The normalized spacial score (nSPS) is 17.4. The number of nitrogens with zero attached hydrogens (tertiary/aromatic N) is 2. The van der Waals surface area contributed by atoms with Crippen molar-refractivity contribution in [3.05, 3.63) is 45.6 Å². The van der Waals surface area contributed by atoms with E-state index in [4.69, 9.17) is 5.73 Å². The average molecular weight is 368 g/mol. The number of sulfonamides is 1. The summed E-state index contributed by atoms with van der Waals surface area (Å²) in [6.45, 7) is 1.84. The van der Waals surface area contributed by atoms with Gasteiger partial charge in [-0.25, -0.2) is 13.4 Å². The van der Waals surface area contributed by atoms with E-state index in [1.54, 1.807) is 0 Å². The van der Waals surface area contributed by atoms with Crippen molar-refractivity contribution in [1.82, 2.24) is 9.29 Å². The number of aromatic nitrogens is 1. The summed E-state index contributed by atoms with van der Waals surface area (Å²) in [5, 5.41) is 3.89. The van der Waals surface area contributed by atoms with Gasteiger partial charge >= 0.3 is 0 Å². The van der Waals surface area contributed by atoms with Crippen molar-refractivity contribution >= 4 is 26.5 Å². The number of hydrogen-bond donors (Lipinski definition) is 2. The van der Waals surface area contributed by atoms with Crippen LogP contribution in [0.15, 0.2) is 35.0 Å². The third-order valence-electron chi connectivity index (χ3n) is 3.62. The van der Waals surface area contributed by atoms with Gasteiger partial charge in [-0.2, -0.15) is 8.70 Å². The zero-order valence-electron chi connectivity index (χ0n) is 12.9. The van der Waals surface area contributed by atoms with Gasteiger partial charge in [0.15, 0.2) is 11.0 Å². The summed E-state index contributed by atoms with van der Waals surface area (Å²) in [5.74, 6) is -0.767. The van der Waals surface area contributed by atoms with Gasteiger partial charge in [-0.1, -0.05) is 5.73 Å². The van der Waals surface area contributed by atoms with Crippen molar-refractivity contribution in [3.63, 3.8) is 0 Å². The Hall–Kier alpha value is -1.73. The van der Waals surface area contributed by atoms with Crippen molar-refractivity contribution in [1.29, 1.82) is 0 Å². The molecule has 0 radical (unpaired) electrons. The van der Waals surface area contributed by atoms with Crippen LogP contribution in [0.1, 0.15) is 10.6 Å². The van der Waals surface area contributed by atoms with E-state index in [0.717, 1.165) is 15.7 Å². The molecule has 0 bridgehead atoms. The Morgan fingerprint density at radius 2 is 2.25 bits per heavy atom. The van der Waals surface area contributed by atoms with E-state index in [1.807, 2.05) is 0 Å². The van der Waals surface area contributed by atoms with Gasteiger partial charge in [-0.15, -0.1) is 11.3 Å². The van der Waals surface area contributed by atoms with E-state index in [1.165, 1.54) is 27.8 Å². The van der Waals surface area contributed by atoms with Gasteiger partial charge < -0.3 is 11.1 Å². The molecular weight excluding hydrogens is 351 g/mol. The molecule has 1 aliphatic carbocycles. The Morgan fingerprint density at radius 3 is 2.96 bits per heavy atom. The summed E-state index contributed by atoms with van der Waals surface area (Å²) in [6, 6.07) is 0.